The average Bonchev–Trinajstić information content (AvgIpc) is 3.05. The summed E-state index contributed by atoms with van der Waals surface area (Å²) in [6.45, 7) is 1.73. The summed E-state index contributed by atoms with van der Waals surface area (Å²) in [6.07, 6.45) is 2.32. The lowest BCUT2D eigenvalue weighted by Gasteiger charge is -2.13. The molecule has 0 bridgehead atoms. The van der Waals surface area contributed by atoms with Crippen LogP contribution in [0.3, 0.4) is 0 Å². The Labute approximate surface area is 136 Å². The smallest absolute Gasteiger partial charge is 0.251 e. The average molecular weight is 321 g/mol. The molecule has 1 atom stereocenters. The molecule has 0 aliphatic carbocycles. The van der Waals surface area contributed by atoms with Gasteiger partial charge in [0, 0.05) is 23.5 Å². The summed E-state index contributed by atoms with van der Waals surface area (Å²) >= 11 is 0. The van der Waals surface area contributed by atoms with Crippen molar-refractivity contribution >= 4 is 29.1 Å². The van der Waals surface area contributed by atoms with Gasteiger partial charge in [-0.3, -0.25) is 4.79 Å². The lowest BCUT2D eigenvalue weighted by molar-refractivity contribution is 0.0952. The zero-order valence-corrected chi connectivity index (χ0v) is 13.4. The fraction of sp³-hybridized carbons (Fsp3) is 0.353. The van der Waals surface area contributed by atoms with E-state index in [0.717, 1.165) is 29.5 Å². The van der Waals surface area contributed by atoms with Crippen molar-refractivity contribution in [1.29, 1.82) is 0 Å². The quantitative estimate of drug-likeness (QED) is 0.910. The van der Waals surface area contributed by atoms with Gasteiger partial charge in [-0.15, -0.1) is 12.4 Å². The highest BCUT2D eigenvalue weighted by molar-refractivity contribution is 6.08. The number of benzene rings is 2. The van der Waals surface area contributed by atoms with Crippen molar-refractivity contribution in [2.75, 3.05) is 20.2 Å². The van der Waals surface area contributed by atoms with Crippen molar-refractivity contribution in [2.24, 2.45) is 0 Å². The van der Waals surface area contributed by atoms with E-state index in [-0.39, 0.29) is 18.3 Å². The van der Waals surface area contributed by atoms with Gasteiger partial charge in [-0.25, -0.2) is 0 Å². The molecule has 2 aromatic carbocycles. The summed E-state index contributed by atoms with van der Waals surface area (Å²) in [6, 6.07) is 11.9. The van der Waals surface area contributed by atoms with Crippen LogP contribution in [0, 0.1) is 0 Å². The number of hydrogen-bond donors (Lipinski definition) is 2. The van der Waals surface area contributed by atoms with Crippen LogP contribution >= 0.6 is 12.4 Å². The lowest BCUT2D eigenvalue weighted by Crippen LogP contribution is -2.37. The van der Waals surface area contributed by atoms with E-state index >= 15 is 0 Å². The monoisotopic (exact) mass is 320 g/mol. The van der Waals surface area contributed by atoms with Gasteiger partial charge in [0.15, 0.2) is 0 Å². The summed E-state index contributed by atoms with van der Waals surface area (Å²) in [4.78, 5) is 12.4. The van der Waals surface area contributed by atoms with Crippen LogP contribution in [0.2, 0.25) is 0 Å². The van der Waals surface area contributed by atoms with Gasteiger partial charge in [-0.05, 0) is 36.9 Å². The third-order valence-corrected chi connectivity index (χ3v) is 4.02. The molecule has 3 rings (SSSR count). The Balaban J connectivity index is 0.00000176. The fourth-order valence-electron chi connectivity index (χ4n) is 2.89. The third-order valence-electron chi connectivity index (χ3n) is 4.02. The van der Waals surface area contributed by atoms with Crippen molar-refractivity contribution in [2.45, 2.75) is 18.9 Å². The molecule has 1 aliphatic rings. The second-order valence-corrected chi connectivity index (χ2v) is 5.36. The molecule has 2 N–H and O–H groups in total. The van der Waals surface area contributed by atoms with Crippen molar-refractivity contribution in [1.82, 2.24) is 10.6 Å². The number of rotatable bonds is 4. The standard InChI is InChI=1S/C17H20N2O2.ClH/c1-21-16-9-8-15(13-6-2-3-7-14(13)16)17(20)19-11-12-5-4-10-18-12;/h2-3,6-9,12,18H,4-5,10-11H2,1H3,(H,19,20);1H. The number of methoxy groups -OCH3 is 1. The first kappa shape index (κ1) is 16.6. The van der Waals surface area contributed by atoms with Crippen LogP contribution in [0.25, 0.3) is 10.8 Å². The van der Waals surface area contributed by atoms with E-state index in [1.807, 2.05) is 36.4 Å². The van der Waals surface area contributed by atoms with Gasteiger partial charge in [0.2, 0.25) is 0 Å². The minimum Gasteiger partial charge on any atom is -0.496 e. The summed E-state index contributed by atoms with van der Waals surface area (Å²) in [5, 5.41) is 8.30. The van der Waals surface area contributed by atoms with Gasteiger partial charge in [-0.2, -0.15) is 0 Å². The van der Waals surface area contributed by atoms with Gasteiger partial charge in [0.1, 0.15) is 5.75 Å². The van der Waals surface area contributed by atoms with Crippen LogP contribution < -0.4 is 15.4 Å². The molecule has 4 nitrogen and oxygen atoms in total. The molecule has 118 valence electrons. The van der Waals surface area contributed by atoms with Crippen LogP contribution in [-0.2, 0) is 0 Å². The third kappa shape index (κ3) is 3.34. The molecule has 5 heteroatoms. The summed E-state index contributed by atoms with van der Waals surface area (Å²) in [5.74, 6) is 0.766. The number of carbonyl (C=O) groups is 1. The highest BCUT2D eigenvalue weighted by Gasteiger charge is 2.17. The second kappa shape index (κ2) is 7.47. The molecule has 1 unspecified atom stereocenters. The number of nitrogens with one attached hydrogen (secondary N) is 2. The molecular formula is C17H21ClN2O2. The van der Waals surface area contributed by atoms with Gasteiger partial charge in [0.25, 0.3) is 5.91 Å². The number of fused-ring (bicyclic) bond motifs is 1. The topological polar surface area (TPSA) is 50.4 Å². The predicted octanol–water partition coefficient (Wildman–Crippen LogP) is 2.75. The van der Waals surface area contributed by atoms with E-state index < -0.39 is 0 Å². The van der Waals surface area contributed by atoms with Crippen LogP contribution in [-0.4, -0.2) is 32.1 Å². The van der Waals surface area contributed by atoms with E-state index in [1.165, 1.54) is 6.42 Å². The van der Waals surface area contributed by atoms with Crippen molar-refractivity contribution < 1.29 is 9.53 Å². The molecule has 1 saturated heterocycles. The Hall–Kier alpha value is -1.78. The summed E-state index contributed by atoms with van der Waals surface area (Å²) < 4.78 is 5.36. The number of hydrogen-bond acceptors (Lipinski definition) is 3. The van der Waals surface area contributed by atoms with Crippen LogP contribution in [0.5, 0.6) is 5.75 Å². The molecule has 2 aromatic rings. The number of halogens is 1. The molecule has 1 amide bonds. The predicted molar refractivity (Wildman–Crippen MR) is 91.1 cm³/mol. The van der Waals surface area contributed by atoms with Gasteiger partial charge >= 0.3 is 0 Å². The van der Waals surface area contributed by atoms with Crippen molar-refractivity contribution in [3.8, 4) is 5.75 Å². The Bertz CT molecular complexity index is 654. The van der Waals surface area contributed by atoms with E-state index in [2.05, 4.69) is 10.6 Å². The summed E-state index contributed by atoms with van der Waals surface area (Å²) in [7, 11) is 1.65. The maximum Gasteiger partial charge on any atom is 0.251 e. The minimum absolute atomic E-state index is 0. The first-order valence-corrected chi connectivity index (χ1v) is 7.37. The molecule has 0 saturated carbocycles. The Morgan fingerprint density at radius 1 is 1.27 bits per heavy atom. The molecule has 1 heterocycles. The zero-order chi connectivity index (χ0) is 14.7. The number of amides is 1. The maximum absolute atomic E-state index is 12.4. The van der Waals surface area contributed by atoms with Crippen LogP contribution in [0.1, 0.15) is 23.2 Å². The Morgan fingerprint density at radius 3 is 2.73 bits per heavy atom. The molecule has 0 aromatic heterocycles. The molecule has 0 radical (unpaired) electrons. The molecule has 0 spiro atoms. The lowest BCUT2D eigenvalue weighted by atomic mass is 10.0. The molecule has 1 aliphatic heterocycles. The minimum atomic E-state index is -0.0254. The second-order valence-electron chi connectivity index (χ2n) is 5.36. The van der Waals surface area contributed by atoms with Gasteiger partial charge in [-0.1, -0.05) is 24.3 Å². The largest absolute Gasteiger partial charge is 0.496 e. The number of carbonyl (C=O) groups excluding carboxylic acids is 1. The van der Waals surface area contributed by atoms with E-state index in [4.69, 9.17) is 4.74 Å². The maximum atomic E-state index is 12.4. The van der Waals surface area contributed by atoms with E-state index in [0.29, 0.717) is 18.2 Å². The van der Waals surface area contributed by atoms with Crippen LogP contribution in [0.15, 0.2) is 36.4 Å². The van der Waals surface area contributed by atoms with E-state index in [9.17, 15) is 4.79 Å². The molecular weight excluding hydrogens is 300 g/mol. The Kier molecular flexibility index (Phi) is 5.63. The zero-order valence-electron chi connectivity index (χ0n) is 12.6. The normalized spacial score (nSPS) is 17.0. The van der Waals surface area contributed by atoms with Gasteiger partial charge < -0.3 is 15.4 Å². The first-order chi connectivity index (χ1) is 10.3. The fourth-order valence-corrected chi connectivity index (χ4v) is 2.89. The van der Waals surface area contributed by atoms with Gasteiger partial charge in [0.05, 0.1) is 7.11 Å². The molecule has 1 fully saturated rings. The van der Waals surface area contributed by atoms with Crippen LogP contribution in [0.4, 0.5) is 0 Å². The highest BCUT2D eigenvalue weighted by Crippen LogP contribution is 2.28. The first-order valence-electron chi connectivity index (χ1n) is 7.37. The van der Waals surface area contributed by atoms with Crippen molar-refractivity contribution in [3.63, 3.8) is 0 Å². The van der Waals surface area contributed by atoms with E-state index in [1.54, 1.807) is 7.11 Å². The summed E-state index contributed by atoms with van der Waals surface area (Å²) in [5.41, 5.74) is 0.699. The molecule has 22 heavy (non-hydrogen) atoms. The SMILES string of the molecule is COc1ccc(C(=O)NCC2CCCN2)c2ccccc12.Cl. The van der Waals surface area contributed by atoms with Crippen molar-refractivity contribution in [3.05, 3.63) is 42.0 Å². The highest BCUT2D eigenvalue weighted by atomic mass is 35.5. The Morgan fingerprint density at radius 2 is 2.05 bits per heavy atom. The number of ether oxygens (including phenoxy) is 1.